The van der Waals surface area contributed by atoms with Gasteiger partial charge in [-0.25, -0.2) is 9.59 Å². The van der Waals surface area contributed by atoms with Gasteiger partial charge in [-0.15, -0.1) is 0 Å². The number of hydrogen-bond donors (Lipinski definition) is 0. The lowest BCUT2D eigenvalue weighted by molar-refractivity contribution is 0.488. The summed E-state index contributed by atoms with van der Waals surface area (Å²) >= 11 is 0. The maximum Gasteiger partial charge on any atom is 0.346 e. The molecule has 2 heterocycles. The zero-order valence-corrected chi connectivity index (χ0v) is 11.5. The third-order valence-corrected chi connectivity index (χ3v) is 4.37. The molecule has 0 radical (unpaired) electrons. The maximum absolute atomic E-state index is 12.0. The molecule has 0 bridgehead atoms. The first-order valence-electron chi connectivity index (χ1n) is 7.19. The lowest BCUT2D eigenvalue weighted by Gasteiger charge is -2.10. The van der Waals surface area contributed by atoms with Gasteiger partial charge in [0.1, 0.15) is 11.0 Å². The molecule has 4 aromatic rings. The van der Waals surface area contributed by atoms with Crippen molar-refractivity contribution >= 4 is 44.7 Å². The maximum atomic E-state index is 12.0. The molecule has 4 heteroatoms. The van der Waals surface area contributed by atoms with E-state index >= 15 is 0 Å². The zero-order valence-electron chi connectivity index (χ0n) is 11.5. The molecule has 0 spiro atoms. The van der Waals surface area contributed by atoms with Crippen molar-refractivity contribution in [2.24, 2.45) is 0 Å². The first-order chi connectivity index (χ1) is 10.7. The van der Waals surface area contributed by atoms with Gasteiger partial charge in [-0.2, -0.15) is 0 Å². The van der Waals surface area contributed by atoms with E-state index < -0.39 is 11.3 Å². The average molecular weight is 290 g/mol. The van der Waals surface area contributed by atoms with Gasteiger partial charge < -0.3 is 8.83 Å². The molecule has 0 saturated heterocycles. The van der Waals surface area contributed by atoms with Crippen LogP contribution in [0.5, 0.6) is 0 Å². The minimum absolute atomic E-state index is 0.419. The molecule has 0 saturated carbocycles. The van der Waals surface area contributed by atoms with Crippen LogP contribution in [0.3, 0.4) is 0 Å². The van der Waals surface area contributed by atoms with Gasteiger partial charge >= 0.3 is 11.3 Å². The molecule has 1 aliphatic carbocycles. The quantitative estimate of drug-likeness (QED) is 0.464. The summed E-state index contributed by atoms with van der Waals surface area (Å²) in [4.78, 5) is 24.0. The summed E-state index contributed by atoms with van der Waals surface area (Å²) < 4.78 is 10.8. The minimum Gasteiger partial charge on any atom is -0.456 e. The summed E-state index contributed by atoms with van der Waals surface area (Å²) in [5.41, 5.74) is 0.343. The van der Waals surface area contributed by atoms with Crippen molar-refractivity contribution < 1.29 is 8.83 Å². The van der Waals surface area contributed by atoms with Crippen molar-refractivity contribution in [1.29, 1.82) is 0 Å². The lowest BCUT2D eigenvalue weighted by atomic mass is 9.97. The van der Waals surface area contributed by atoms with Crippen LogP contribution in [0.4, 0.5) is 0 Å². The molecule has 5 rings (SSSR count). The molecule has 4 nitrogen and oxygen atoms in total. The first-order valence-corrected chi connectivity index (χ1v) is 7.19. The molecule has 2 aromatic heterocycles. The van der Waals surface area contributed by atoms with Crippen LogP contribution in [0, 0.1) is 0 Å². The van der Waals surface area contributed by atoms with Gasteiger partial charge in [-0.05, 0) is 42.5 Å². The third kappa shape index (κ3) is 1.32. The molecule has 0 fully saturated rings. The summed E-state index contributed by atoms with van der Waals surface area (Å²) in [6.07, 6.45) is 6.14. The fourth-order valence-electron chi connectivity index (χ4n) is 3.42. The second-order valence-electron chi connectivity index (χ2n) is 5.56. The van der Waals surface area contributed by atoms with Crippen LogP contribution in [0.1, 0.15) is 12.8 Å². The van der Waals surface area contributed by atoms with E-state index in [9.17, 15) is 9.59 Å². The fraction of sp³-hybridized carbons (Fsp3) is 0.111. The summed E-state index contributed by atoms with van der Waals surface area (Å²) in [6.45, 7) is 0. The first kappa shape index (κ1) is 11.7. The van der Waals surface area contributed by atoms with E-state index in [0.29, 0.717) is 21.7 Å². The number of benzene rings is 2. The van der Waals surface area contributed by atoms with Gasteiger partial charge in [0.05, 0.1) is 10.8 Å². The van der Waals surface area contributed by atoms with Crippen LogP contribution in [-0.2, 0) is 0 Å². The van der Waals surface area contributed by atoms with Crippen molar-refractivity contribution in [2.75, 3.05) is 0 Å². The lowest BCUT2D eigenvalue weighted by Crippen LogP contribution is -2.27. The van der Waals surface area contributed by atoms with E-state index in [1.54, 1.807) is 18.2 Å². The summed E-state index contributed by atoms with van der Waals surface area (Å²) in [7, 11) is 0. The van der Waals surface area contributed by atoms with Gasteiger partial charge in [-0.1, -0.05) is 12.1 Å². The van der Waals surface area contributed by atoms with E-state index in [-0.39, 0.29) is 0 Å². The molecular weight excluding hydrogens is 280 g/mol. The smallest absolute Gasteiger partial charge is 0.346 e. The standard InChI is InChI=1S/C18H10O4/c19-17-11-6-5-10-9-3-1-2-4-13(9)21-14-8-7-12(18(20)22-17)15(11)16(10)14/h3-8H,1-2H2. The van der Waals surface area contributed by atoms with E-state index in [4.69, 9.17) is 8.83 Å². The Kier molecular flexibility index (Phi) is 2.06. The molecule has 106 valence electrons. The largest absolute Gasteiger partial charge is 0.456 e. The van der Waals surface area contributed by atoms with Gasteiger partial charge in [0.15, 0.2) is 0 Å². The summed E-state index contributed by atoms with van der Waals surface area (Å²) in [5, 5.41) is 4.35. The van der Waals surface area contributed by atoms with Crippen LogP contribution >= 0.6 is 0 Å². The highest BCUT2D eigenvalue weighted by atomic mass is 16.4. The molecular formula is C18H10O4. The second kappa shape index (κ2) is 3.85. The Bertz CT molecular complexity index is 1280. The number of rotatable bonds is 0. The third-order valence-electron chi connectivity index (χ3n) is 4.37. The molecule has 0 N–H and O–H groups in total. The molecule has 0 aliphatic heterocycles. The van der Waals surface area contributed by atoms with E-state index in [2.05, 4.69) is 12.2 Å². The normalized spacial score (nSPS) is 14.2. The molecule has 1 aliphatic rings. The van der Waals surface area contributed by atoms with E-state index in [1.165, 1.54) is 0 Å². The van der Waals surface area contributed by atoms with Crippen LogP contribution in [0.15, 0.2) is 42.7 Å². The van der Waals surface area contributed by atoms with Crippen molar-refractivity contribution in [1.82, 2.24) is 0 Å². The van der Waals surface area contributed by atoms with Gasteiger partial charge in [-0.3, -0.25) is 0 Å². The molecule has 0 amide bonds. The molecule has 2 aromatic carbocycles. The Morgan fingerprint density at radius 2 is 1.41 bits per heavy atom. The van der Waals surface area contributed by atoms with Crippen LogP contribution < -0.4 is 21.9 Å². The van der Waals surface area contributed by atoms with Crippen molar-refractivity contribution in [3.63, 3.8) is 0 Å². The van der Waals surface area contributed by atoms with Crippen LogP contribution in [0.2, 0.25) is 0 Å². The minimum atomic E-state index is -0.597. The number of hydrogen-bond acceptors (Lipinski definition) is 4. The van der Waals surface area contributed by atoms with Gasteiger partial charge in [0, 0.05) is 16.0 Å². The highest BCUT2D eigenvalue weighted by Gasteiger charge is 2.16. The topological polar surface area (TPSA) is 60.4 Å². The Morgan fingerprint density at radius 1 is 0.727 bits per heavy atom. The SMILES string of the molecule is O=c1oc(=O)c2ccc3c4c(oc5ccc1c2c53)=CCCC=4. The van der Waals surface area contributed by atoms with Crippen molar-refractivity contribution in [3.05, 3.63) is 55.7 Å². The Labute approximate surface area is 122 Å². The van der Waals surface area contributed by atoms with Crippen molar-refractivity contribution in [2.45, 2.75) is 12.8 Å². The highest BCUT2D eigenvalue weighted by molar-refractivity contribution is 6.21. The van der Waals surface area contributed by atoms with E-state index in [1.807, 2.05) is 6.07 Å². The van der Waals surface area contributed by atoms with Crippen LogP contribution in [0.25, 0.3) is 44.7 Å². The van der Waals surface area contributed by atoms with Gasteiger partial charge in [0.25, 0.3) is 0 Å². The second-order valence-corrected chi connectivity index (χ2v) is 5.56. The monoisotopic (exact) mass is 290 g/mol. The molecule has 22 heavy (non-hydrogen) atoms. The predicted octanol–water partition coefficient (Wildman–Crippen LogP) is 1.85. The summed E-state index contributed by atoms with van der Waals surface area (Å²) in [5.74, 6) is 0. The highest BCUT2D eigenvalue weighted by Crippen LogP contribution is 2.29. The van der Waals surface area contributed by atoms with Crippen molar-refractivity contribution in [3.8, 4) is 0 Å². The fourth-order valence-corrected chi connectivity index (χ4v) is 3.42. The Balaban J connectivity index is 2.27. The molecule has 0 atom stereocenters. The average Bonchev–Trinajstić information content (AvgIpc) is 2.54. The number of fused-ring (bicyclic) bond motifs is 2. The Hall–Kier alpha value is -2.88. The van der Waals surface area contributed by atoms with Crippen LogP contribution in [-0.4, -0.2) is 0 Å². The Morgan fingerprint density at radius 3 is 2.23 bits per heavy atom. The zero-order chi connectivity index (χ0) is 14.8. The molecule has 0 unspecified atom stereocenters. The summed E-state index contributed by atoms with van der Waals surface area (Å²) in [6, 6.07) is 7.08. The van der Waals surface area contributed by atoms with Gasteiger partial charge in [0.2, 0.25) is 0 Å². The predicted molar refractivity (Wildman–Crippen MR) is 84.6 cm³/mol. The van der Waals surface area contributed by atoms with E-state index in [0.717, 1.165) is 34.2 Å².